The van der Waals surface area contributed by atoms with Gasteiger partial charge in [0.1, 0.15) is 11.5 Å². The standard InChI is InChI=1S/C15H10N2O2S/c18-10-3-1-9(2-4-10)12-8-17-13-7-11(19)5-6-14(13)20-15(17)16-12/h1-8,18-19H. The van der Waals surface area contributed by atoms with Gasteiger partial charge in [-0.05, 0) is 36.4 Å². The Balaban J connectivity index is 1.94. The van der Waals surface area contributed by atoms with Gasteiger partial charge >= 0.3 is 0 Å². The van der Waals surface area contributed by atoms with Gasteiger partial charge < -0.3 is 10.2 Å². The first-order valence-electron chi connectivity index (χ1n) is 6.11. The van der Waals surface area contributed by atoms with Crippen molar-refractivity contribution in [3.8, 4) is 22.8 Å². The average molecular weight is 282 g/mol. The van der Waals surface area contributed by atoms with Gasteiger partial charge in [-0.3, -0.25) is 4.40 Å². The fourth-order valence-corrected chi connectivity index (χ4v) is 3.25. The predicted molar refractivity (Wildman–Crippen MR) is 79.3 cm³/mol. The Morgan fingerprint density at radius 1 is 0.950 bits per heavy atom. The molecule has 0 aliphatic carbocycles. The van der Waals surface area contributed by atoms with Gasteiger partial charge in [0, 0.05) is 17.8 Å². The fourth-order valence-electron chi connectivity index (χ4n) is 2.26. The lowest BCUT2D eigenvalue weighted by Crippen LogP contribution is -1.77. The monoisotopic (exact) mass is 282 g/mol. The van der Waals surface area contributed by atoms with E-state index >= 15 is 0 Å². The van der Waals surface area contributed by atoms with E-state index in [0.717, 1.165) is 26.4 Å². The van der Waals surface area contributed by atoms with Gasteiger partial charge in [-0.15, -0.1) is 0 Å². The molecular formula is C15H10N2O2S. The van der Waals surface area contributed by atoms with Crippen molar-refractivity contribution in [2.75, 3.05) is 0 Å². The third-order valence-electron chi connectivity index (χ3n) is 3.24. The van der Waals surface area contributed by atoms with Crippen LogP contribution < -0.4 is 0 Å². The number of imidazole rings is 1. The van der Waals surface area contributed by atoms with Gasteiger partial charge in [-0.1, -0.05) is 11.3 Å². The number of hydrogen-bond donors (Lipinski definition) is 2. The topological polar surface area (TPSA) is 57.8 Å². The lowest BCUT2D eigenvalue weighted by Gasteiger charge is -1.96. The van der Waals surface area contributed by atoms with Gasteiger partial charge in [0.2, 0.25) is 0 Å². The van der Waals surface area contributed by atoms with Crippen LogP contribution in [0, 0.1) is 0 Å². The number of aromatic hydroxyl groups is 2. The zero-order valence-corrected chi connectivity index (χ0v) is 11.1. The van der Waals surface area contributed by atoms with Gasteiger partial charge in [0.05, 0.1) is 15.9 Å². The van der Waals surface area contributed by atoms with E-state index in [9.17, 15) is 10.2 Å². The molecular weight excluding hydrogens is 272 g/mol. The first-order chi connectivity index (χ1) is 9.70. The zero-order chi connectivity index (χ0) is 13.7. The second kappa shape index (κ2) is 3.98. The van der Waals surface area contributed by atoms with Crippen LogP contribution in [0.5, 0.6) is 11.5 Å². The normalized spacial score (nSPS) is 11.4. The van der Waals surface area contributed by atoms with Crippen LogP contribution in [0.3, 0.4) is 0 Å². The summed E-state index contributed by atoms with van der Waals surface area (Å²) < 4.78 is 3.06. The van der Waals surface area contributed by atoms with E-state index in [1.165, 1.54) is 0 Å². The number of nitrogens with zero attached hydrogens (tertiary/aromatic N) is 2. The smallest absolute Gasteiger partial charge is 0.195 e. The highest BCUT2D eigenvalue weighted by Crippen LogP contribution is 2.31. The number of fused-ring (bicyclic) bond motifs is 3. The number of hydrogen-bond acceptors (Lipinski definition) is 4. The Labute approximate surface area is 118 Å². The SMILES string of the molecule is Oc1ccc(-c2cn3c(n2)sc2ccc(O)cc23)cc1. The second-order valence-electron chi connectivity index (χ2n) is 4.58. The molecule has 0 amide bonds. The molecule has 0 spiro atoms. The minimum absolute atomic E-state index is 0.241. The highest BCUT2D eigenvalue weighted by Gasteiger charge is 2.10. The van der Waals surface area contributed by atoms with Gasteiger partial charge in [0.25, 0.3) is 0 Å². The molecule has 0 aliphatic rings. The Morgan fingerprint density at radius 3 is 2.50 bits per heavy atom. The van der Waals surface area contributed by atoms with Crippen LogP contribution in [0.4, 0.5) is 0 Å². The summed E-state index contributed by atoms with van der Waals surface area (Å²) in [4.78, 5) is 5.48. The molecule has 0 aliphatic heterocycles. The largest absolute Gasteiger partial charge is 0.508 e. The first-order valence-corrected chi connectivity index (χ1v) is 6.92. The molecule has 4 aromatic rings. The Kier molecular flexibility index (Phi) is 2.25. The van der Waals surface area contributed by atoms with Crippen molar-refractivity contribution in [1.29, 1.82) is 0 Å². The summed E-state index contributed by atoms with van der Waals surface area (Å²) in [6.45, 7) is 0. The van der Waals surface area contributed by atoms with Gasteiger partial charge in [-0.25, -0.2) is 4.98 Å². The van der Waals surface area contributed by atoms with Crippen LogP contribution in [0.2, 0.25) is 0 Å². The van der Waals surface area contributed by atoms with Crippen molar-refractivity contribution in [2.24, 2.45) is 0 Å². The lowest BCUT2D eigenvalue weighted by molar-refractivity contribution is 0.475. The maximum Gasteiger partial charge on any atom is 0.195 e. The number of rotatable bonds is 1. The third kappa shape index (κ3) is 1.64. The number of benzene rings is 2. The zero-order valence-electron chi connectivity index (χ0n) is 10.3. The molecule has 5 heteroatoms. The van der Waals surface area contributed by atoms with Crippen molar-refractivity contribution in [3.05, 3.63) is 48.7 Å². The third-order valence-corrected chi connectivity index (χ3v) is 4.28. The summed E-state index contributed by atoms with van der Waals surface area (Å²) in [6, 6.07) is 12.3. The maximum absolute atomic E-state index is 9.61. The summed E-state index contributed by atoms with van der Waals surface area (Å²) in [5, 5.41) is 18.9. The summed E-state index contributed by atoms with van der Waals surface area (Å²) in [5.41, 5.74) is 2.75. The van der Waals surface area contributed by atoms with Crippen LogP contribution >= 0.6 is 11.3 Å². The van der Waals surface area contributed by atoms with E-state index in [0.29, 0.717) is 0 Å². The van der Waals surface area contributed by atoms with Crippen LogP contribution in [0.25, 0.3) is 26.4 Å². The van der Waals surface area contributed by atoms with E-state index < -0.39 is 0 Å². The molecule has 4 rings (SSSR count). The van der Waals surface area contributed by atoms with Crippen molar-refractivity contribution >= 4 is 26.5 Å². The molecule has 20 heavy (non-hydrogen) atoms. The van der Waals surface area contributed by atoms with Crippen molar-refractivity contribution in [2.45, 2.75) is 0 Å². The van der Waals surface area contributed by atoms with Crippen molar-refractivity contribution in [3.63, 3.8) is 0 Å². The van der Waals surface area contributed by atoms with E-state index in [1.54, 1.807) is 35.6 Å². The van der Waals surface area contributed by atoms with E-state index in [-0.39, 0.29) is 11.5 Å². The minimum atomic E-state index is 0.241. The Bertz CT molecular complexity index is 922. The molecule has 0 saturated heterocycles. The summed E-state index contributed by atoms with van der Waals surface area (Å²) >= 11 is 1.58. The minimum Gasteiger partial charge on any atom is -0.508 e. The molecule has 2 heterocycles. The molecule has 0 radical (unpaired) electrons. The Morgan fingerprint density at radius 2 is 1.70 bits per heavy atom. The molecule has 0 saturated carbocycles. The van der Waals surface area contributed by atoms with Crippen molar-refractivity contribution in [1.82, 2.24) is 9.38 Å². The molecule has 4 nitrogen and oxygen atoms in total. The Hall–Kier alpha value is -2.53. The molecule has 2 N–H and O–H groups in total. The average Bonchev–Trinajstić information content (AvgIpc) is 2.98. The summed E-state index contributed by atoms with van der Waals surface area (Å²) in [5.74, 6) is 0.488. The second-order valence-corrected chi connectivity index (χ2v) is 5.59. The number of phenolic OH excluding ortho intramolecular Hbond substituents is 2. The molecule has 2 aromatic heterocycles. The van der Waals surface area contributed by atoms with E-state index in [2.05, 4.69) is 4.98 Å². The summed E-state index contributed by atoms with van der Waals surface area (Å²) in [6.07, 6.45) is 1.94. The van der Waals surface area contributed by atoms with Crippen LogP contribution in [-0.2, 0) is 0 Å². The van der Waals surface area contributed by atoms with Crippen molar-refractivity contribution < 1.29 is 10.2 Å². The van der Waals surface area contributed by atoms with Gasteiger partial charge in [-0.2, -0.15) is 0 Å². The molecule has 0 fully saturated rings. The van der Waals surface area contributed by atoms with E-state index in [4.69, 9.17) is 0 Å². The number of phenols is 2. The molecule has 0 atom stereocenters. The summed E-state index contributed by atoms with van der Waals surface area (Å²) in [7, 11) is 0. The molecule has 98 valence electrons. The highest BCUT2D eigenvalue weighted by molar-refractivity contribution is 7.23. The van der Waals surface area contributed by atoms with Gasteiger partial charge in [0.15, 0.2) is 4.96 Å². The fraction of sp³-hybridized carbons (Fsp3) is 0. The van der Waals surface area contributed by atoms with Crippen LogP contribution in [0.1, 0.15) is 0 Å². The molecule has 2 aromatic carbocycles. The molecule has 0 unspecified atom stereocenters. The molecule has 0 bridgehead atoms. The first kappa shape index (κ1) is 11.3. The predicted octanol–water partition coefficient (Wildman–Crippen LogP) is 3.63. The maximum atomic E-state index is 9.61. The van der Waals surface area contributed by atoms with Crippen LogP contribution in [-0.4, -0.2) is 19.6 Å². The quantitative estimate of drug-likeness (QED) is 0.560. The lowest BCUT2D eigenvalue weighted by atomic mass is 10.2. The van der Waals surface area contributed by atoms with E-state index in [1.807, 2.05) is 28.8 Å². The number of aromatic nitrogens is 2. The van der Waals surface area contributed by atoms with Crippen LogP contribution in [0.15, 0.2) is 48.7 Å². The number of thiazole rings is 1. The highest BCUT2D eigenvalue weighted by atomic mass is 32.1.